The molecule has 0 spiro atoms. The second-order valence-corrected chi connectivity index (χ2v) is 22.0. The Balaban J connectivity index is 4.42. The van der Waals surface area contributed by atoms with Crippen LogP contribution in [0.25, 0.3) is 0 Å². The Labute approximate surface area is 483 Å². The lowest BCUT2D eigenvalue weighted by atomic mass is 10.0. The Morgan fingerprint density at radius 3 is 0.782 bits per heavy atom. The summed E-state index contributed by atoms with van der Waals surface area (Å²) in [5.74, 6) is -0.894. The lowest BCUT2D eigenvalue weighted by molar-refractivity contribution is -0.167. The van der Waals surface area contributed by atoms with E-state index in [4.69, 9.17) is 14.2 Å². The largest absolute Gasteiger partial charge is 0.462 e. The number of ether oxygens (including phenoxy) is 3. The van der Waals surface area contributed by atoms with Crippen LogP contribution in [0.1, 0.15) is 323 Å². The molecule has 0 rings (SSSR count). The second-order valence-electron chi connectivity index (χ2n) is 22.0. The molecule has 0 heterocycles. The van der Waals surface area contributed by atoms with Crippen molar-refractivity contribution in [2.45, 2.75) is 329 Å². The molecule has 6 nitrogen and oxygen atoms in total. The Bertz CT molecular complexity index is 1530. The zero-order valence-corrected chi connectivity index (χ0v) is 51.4. The van der Waals surface area contributed by atoms with Gasteiger partial charge in [0.05, 0.1) is 0 Å². The topological polar surface area (TPSA) is 78.9 Å². The quantitative estimate of drug-likeness (QED) is 0.0261. The molecule has 0 amide bonds. The van der Waals surface area contributed by atoms with Gasteiger partial charge in [0.25, 0.3) is 0 Å². The van der Waals surface area contributed by atoms with Gasteiger partial charge in [-0.3, -0.25) is 14.4 Å². The second kappa shape index (κ2) is 65.8. The first kappa shape index (κ1) is 74.3. The van der Waals surface area contributed by atoms with Crippen molar-refractivity contribution in [2.24, 2.45) is 0 Å². The third kappa shape index (κ3) is 63.2. The van der Waals surface area contributed by atoms with Gasteiger partial charge in [-0.1, -0.05) is 298 Å². The molecule has 0 radical (unpaired) electrons. The van der Waals surface area contributed by atoms with Gasteiger partial charge in [0.2, 0.25) is 0 Å². The van der Waals surface area contributed by atoms with Crippen LogP contribution in [0.3, 0.4) is 0 Å². The van der Waals surface area contributed by atoms with Gasteiger partial charge >= 0.3 is 17.9 Å². The number of esters is 3. The lowest BCUT2D eigenvalue weighted by Gasteiger charge is -2.18. The van der Waals surface area contributed by atoms with Crippen LogP contribution in [0.5, 0.6) is 0 Å². The van der Waals surface area contributed by atoms with Gasteiger partial charge < -0.3 is 14.2 Å². The molecule has 0 aromatic heterocycles. The molecule has 0 fully saturated rings. The third-order valence-electron chi connectivity index (χ3n) is 14.3. The van der Waals surface area contributed by atoms with E-state index in [2.05, 4.69) is 118 Å². The van der Waals surface area contributed by atoms with Crippen LogP contribution in [0.4, 0.5) is 0 Å². The average molecular weight is 1090 g/mol. The molecule has 1 atom stereocenters. The molecule has 0 aromatic rings. The Hall–Kier alpha value is -3.67. The number of unbranched alkanes of at least 4 members (excludes halogenated alkanes) is 33. The molecule has 448 valence electrons. The lowest BCUT2D eigenvalue weighted by Crippen LogP contribution is -2.30. The number of carbonyl (C=O) groups excluding carboxylic acids is 3. The predicted molar refractivity (Wildman–Crippen MR) is 339 cm³/mol. The molecule has 0 N–H and O–H groups in total. The summed E-state index contributed by atoms with van der Waals surface area (Å²) in [5.41, 5.74) is 0. The fourth-order valence-corrected chi connectivity index (χ4v) is 9.36. The predicted octanol–water partition coefficient (Wildman–Crippen LogP) is 22.8. The van der Waals surface area contributed by atoms with E-state index in [1.54, 1.807) is 0 Å². The van der Waals surface area contributed by atoms with E-state index < -0.39 is 6.10 Å². The van der Waals surface area contributed by atoms with E-state index in [9.17, 15) is 14.4 Å². The maximum atomic E-state index is 12.9. The summed E-state index contributed by atoms with van der Waals surface area (Å²) < 4.78 is 17.0. The zero-order valence-electron chi connectivity index (χ0n) is 51.4. The molecule has 0 aliphatic rings. The fraction of sp³-hybridized carbons (Fsp3) is 0.736. The van der Waals surface area contributed by atoms with Gasteiger partial charge in [-0.05, 0) is 103 Å². The van der Waals surface area contributed by atoms with Crippen LogP contribution in [0.15, 0.2) is 97.2 Å². The first-order valence-electron chi connectivity index (χ1n) is 33.2. The Kier molecular flexibility index (Phi) is 62.7. The molecule has 0 aliphatic heterocycles. The number of hydrogen-bond acceptors (Lipinski definition) is 6. The van der Waals surface area contributed by atoms with Crippen LogP contribution in [-0.4, -0.2) is 37.2 Å². The van der Waals surface area contributed by atoms with Gasteiger partial charge in [0.1, 0.15) is 13.2 Å². The van der Waals surface area contributed by atoms with Crippen molar-refractivity contribution in [1.29, 1.82) is 0 Å². The SMILES string of the molecule is CC/C=C\C/C=C\C/C=C\C/C=C\C/C=C\CCCCCCCCCC(=O)OCC(COC(=O)CCCCCCCCCCCCCCCCCC)OC(=O)CCCCCCCC/C=C\C/C=C\C/C=C\CCCCCCC. The minimum Gasteiger partial charge on any atom is -0.462 e. The maximum absolute atomic E-state index is 12.9. The monoisotopic (exact) mass is 1080 g/mol. The summed E-state index contributed by atoms with van der Waals surface area (Å²) in [4.78, 5) is 38.4. The minimum atomic E-state index is -0.791. The summed E-state index contributed by atoms with van der Waals surface area (Å²) in [6.07, 6.45) is 88.3. The van der Waals surface area contributed by atoms with E-state index in [1.807, 2.05) is 0 Å². The van der Waals surface area contributed by atoms with Crippen molar-refractivity contribution in [2.75, 3.05) is 13.2 Å². The third-order valence-corrected chi connectivity index (χ3v) is 14.3. The Morgan fingerprint density at radius 1 is 0.269 bits per heavy atom. The molecular weight excluding hydrogens is 961 g/mol. The molecule has 0 saturated carbocycles. The molecule has 6 heteroatoms. The van der Waals surface area contributed by atoms with E-state index in [-0.39, 0.29) is 31.1 Å². The van der Waals surface area contributed by atoms with Crippen molar-refractivity contribution in [3.63, 3.8) is 0 Å². The highest BCUT2D eigenvalue weighted by Gasteiger charge is 2.19. The molecule has 1 unspecified atom stereocenters. The first-order chi connectivity index (χ1) is 38.5. The smallest absolute Gasteiger partial charge is 0.306 e. The van der Waals surface area contributed by atoms with Crippen molar-refractivity contribution in [1.82, 2.24) is 0 Å². The molecule has 0 saturated heterocycles. The van der Waals surface area contributed by atoms with Crippen molar-refractivity contribution >= 4 is 17.9 Å². The Morgan fingerprint density at radius 2 is 0.500 bits per heavy atom. The van der Waals surface area contributed by atoms with Crippen LogP contribution in [0, 0.1) is 0 Å². The molecular formula is C72H124O6. The minimum absolute atomic E-state index is 0.0842. The maximum Gasteiger partial charge on any atom is 0.306 e. The van der Waals surface area contributed by atoms with Crippen LogP contribution in [-0.2, 0) is 28.6 Å². The van der Waals surface area contributed by atoms with Gasteiger partial charge in [0, 0.05) is 19.3 Å². The highest BCUT2D eigenvalue weighted by molar-refractivity contribution is 5.71. The average Bonchev–Trinajstić information content (AvgIpc) is 3.44. The fourth-order valence-electron chi connectivity index (χ4n) is 9.36. The van der Waals surface area contributed by atoms with E-state index in [1.165, 1.54) is 161 Å². The van der Waals surface area contributed by atoms with Crippen molar-refractivity contribution < 1.29 is 28.6 Å². The summed E-state index contributed by atoms with van der Waals surface area (Å²) in [7, 11) is 0. The first-order valence-corrected chi connectivity index (χ1v) is 33.2. The summed E-state index contributed by atoms with van der Waals surface area (Å²) in [6.45, 7) is 6.53. The van der Waals surface area contributed by atoms with Gasteiger partial charge in [0.15, 0.2) is 6.10 Å². The van der Waals surface area contributed by atoms with Crippen LogP contribution >= 0.6 is 0 Å². The van der Waals surface area contributed by atoms with Crippen LogP contribution in [0.2, 0.25) is 0 Å². The number of hydrogen-bond donors (Lipinski definition) is 0. The van der Waals surface area contributed by atoms with E-state index in [0.717, 1.165) is 122 Å². The number of carbonyl (C=O) groups is 3. The standard InChI is InChI=1S/C72H124O6/c1-4-7-10-13-16-19-22-25-28-31-33-35-36-38-39-41-44-47-50-53-56-59-62-65-71(74)77-68-69(67-76-70(73)64-61-58-55-52-49-46-43-30-27-24-21-18-15-12-9-6-3)78-72(75)66-63-60-57-54-51-48-45-42-40-37-34-32-29-26-23-20-17-14-11-8-5-2/h7,10,16,19,23,25-26,28,32-35,38-40,42,69H,4-6,8-9,11-15,17-18,20-22,24,27,29-31,36-37,41,43-68H2,1-3H3/b10-7-,19-16-,26-23-,28-25-,34-32-,35-33-,39-38-,42-40-. The van der Waals surface area contributed by atoms with Crippen molar-refractivity contribution in [3.05, 3.63) is 97.2 Å². The highest BCUT2D eigenvalue weighted by Crippen LogP contribution is 2.16. The van der Waals surface area contributed by atoms with Gasteiger partial charge in [-0.25, -0.2) is 0 Å². The summed E-state index contributed by atoms with van der Waals surface area (Å²) in [6, 6.07) is 0. The molecule has 0 bridgehead atoms. The zero-order chi connectivity index (χ0) is 56.4. The number of allylic oxidation sites excluding steroid dienone is 16. The van der Waals surface area contributed by atoms with Gasteiger partial charge in [-0.2, -0.15) is 0 Å². The summed E-state index contributed by atoms with van der Waals surface area (Å²) in [5, 5.41) is 0. The molecule has 0 aromatic carbocycles. The van der Waals surface area contributed by atoms with Gasteiger partial charge in [-0.15, -0.1) is 0 Å². The van der Waals surface area contributed by atoms with Crippen molar-refractivity contribution in [3.8, 4) is 0 Å². The van der Waals surface area contributed by atoms with E-state index >= 15 is 0 Å². The highest BCUT2D eigenvalue weighted by atomic mass is 16.6. The summed E-state index contributed by atoms with van der Waals surface area (Å²) >= 11 is 0. The molecule has 0 aliphatic carbocycles. The number of rotatable bonds is 60. The normalized spacial score (nSPS) is 12.7. The van der Waals surface area contributed by atoms with E-state index in [0.29, 0.717) is 19.3 Å². The molecule has 78 heavy (non-hydrogen) atoms. The van der Waals surface area contributed by atoms with Crippen LogP contribution < -0.4 is 0 Å².